The number of amides is 2. The average Bonchev–Trinajstić information content (AvgIpc) is 2.52. The first-order valence-electron chi connectivity index (χ1n) is 7.87. The maximum Gasteiger partial charge on any atom is 0.319 e. The summed E-state index contributed by atoms with van der Waals surface area (Å²) in [6.07, 6.45) is 0.758. The monoisotopic (exact) mass is 312 g/mol. The van der Waals surface area contributed by atoms with Crippen molar-refractivity contribution in [3.8, 4) is 5.75 Å². The van der Waals surface area contributed by atoms with Gasteiger partial charge in [-0.25, -0.2) is 4.79 Å². The van der Waals surface area contributed by atoms with Gasteiger partial charge in [-0.1, -0.05) is 36.4 Å². The van der Waals surface area contributed by atoms with Gasteiger partial charge >= 0.3 is 6.03 Å². The van der Waals surface area contributed by atoms with Crippen LogP contribution in [0.1, 0.15) is 23.1 Å². The van der Waals surface area contributed by atoms with Gasteiger partial charge < -0.3 is 15.4 Å². The summed E-state index contributed by atoms with van der Waals surface area (Å²) in [4.78, 5) is 11.9. The normalized spacial score (nSPS) is 10.2. The predicted octanol–water partition coefficient (Wildman–Crippen LogP) is 4.20. The number of ether oxygens (including phenoxy) is 1. The van der Waals surface area contributed by atoms with Gasteiger partial charge in [-0.2, -0.15) is 0 Å². The second kappa shape index (κ2) is 8.22. The number of para-hydroxylation sites is 2. The van der Waals surface area contributed by atoms with E-state index in [9.17, 15) is 4.79 Å². The Morgan fingerprint density at radius 1 is 0.957 bits per heavy atom. The molecule has 0 unspecified atom stereocenters. The zero-order valence-electron chi connectivity index (χ0n) is 14.0. The highest BCUT2D eigenvalue weighted by atomic mass is 16.5. The number of carbonyl (C=O) groups excluding carboxylic acids is 1. The molecule has 2 aromatic rings. The Morgan fingerprint density at radius 3 is 2.30 bits per heavy atom. The van der Waals surface area contributed by atoms with E-state index in [0.717, 1.165) is 34.5 Å². The predicted molar refractivity (Wildman–Crippen MR) is 94.2 cm³/mol. The van der Waals surface area contributed by atoms with Gasteiger partial charge in [-0.05, 0) is 49.9 Å². The molecule has 4 nitrogen and oxygen atoms in total. The molecule has 2 N–H and O–H groups in total. The van der Waals surface area contributed by atoms with Crippen molar-refractivity contribution in [3.63, 3.8) is 0 Å². The van der Waals surface area contributed by atoms with Crippen LogP contribution in [0.25, 0.3) is 0 Å². The number of anilines is 1. The Hall–Kier alpha value is -2.49. The number of hydrogen-bond acceptors (Lipinski definition) is 2. The second-order valence-corrected chi connectivity index (χ2v) is 5.62. The van der Waals surface area contributed by atoms with E-state index >= 15 is 0 Å². The standard InChI is InChI=1S/C19H24N2O2/c1-14-8-4-5-11-17(14)23-13-7-12-20-19(22)21-18-15(2)9-6-10-16(18)3/h4-6,8-11H,7,12-13H2,1-3H3,(H2,20,21,22). The van der Waals surface area contributed by atoms with Crippen LogP contribution in [0.4, 0.5) is 10.5 Å². The highest BCUT2D eigenvalue weighted by Crippen LogP contribution is 2.19. The van der Waals surface area contributed by atoms with E-state index in [1.54, 1.807) is 0 Å². The molecule has 0 radical (unpaired) electrons. The second-order valence-electron chi connectivity index (χ2n) is 5.62. The summed E-state index contributed by atoms with van der Waals surface area (Å²) in [5, 5.41) is 5.76. The lowest BCUT2D eigenvalue weighted by molar-refractivity contribution is 0.250. The largest absolute Gasteiger partial charge is 0.493 e. The smallest absolute Gasteiger partial charge is 0.319 e. The van der Waals surface area contributed by atoms with Gasteiger partial charge in [0.25, 0.3) is 0 Å². The number of benzene rings is 2. The number of carbonyl (C=O) groups is 1. The fourth-order valence-electron chi connectivity index (χ4n) is 2.34. The van der Waals surface area contributed by atoms with Crippen molar-refractivity contribution in [1.29, 1.82) is 0 Å². The average molecular weight is 312 g/mol. The molecule has 0 atom stereocenters. The number of nitrogens with one attached hydrogen (secondary N) is 2. The van der Waals surface area contributed by atoms with Crippen molar-refractivity contribution >= 4 is 11.7 Å². The van der Waals surface area contributed by atoms with Crippen molar-refractivity contribution in [2.75, 3.05) is 18.5 Å². The maximum atomic E-state index is 11.9. The van der Waals surface area contributed by atoms with Gasteiger partial charge in [0.2, 0.25) is 0 Å². The fourth-order valence-corrected chi connectivity index (χ4v) is 2.34. The van der Waals surface area contributed by atoms with Crippen molar-refractivity contribution in [1.82, 2.24) is 5.32 Å². The van der Waals surface area contributed by atoms with Crippen molar-refractivity contribution < 1.29 is 9.53 Å². The first-order chi connectivity index (χ1) is 11.1. The highest BCUT2D eigenvalue weighted by molar-refractivity contribution is 5.90. The summed E-state index contributed by atoms with van der Waals surface area (Å²) in [5.74, 6) is 0.896. The highest BCUT2D eigenvalue weighted by Gasteiger charge is 2.06. The molecule has 0 fully saturated rings. The molecule has 122 valence electrons. The van der Waals surface area contributed by atoms with Gasteiger partial charge in [-0.3, -0.25) is 0 Å². The van der Waals surface area contributed by atoms with Crippen molar-refractivity contribution in [3.05, 3.63) is 59.2 Å². The van der Waals surface area contributed by atoms with Crippen LogP contribution >= 0.6 is 0 Å². The van der Waals surface area contributed by atoms with Crippen LogP contribution in [0.2, 0.25) is 0 Å². The van der Waals surface area contributed by atoms with Gasteiger partial charge in [0.05, 0.1) is 6.61 Å². The third-order valence-corrected chi connectivity index (χ3v) is 3.68. The maximum absolute atomic E-state index is 11.9. The van der Waals surface area contributed by atoms with E-state index in [0.29, 0.717) is 13.2 Å². The van der Waals surface area contributed by atoms with E-state index in [-0.39, 0.29) is 6.03 Å². The number of rotatable bonds is 6. The molecule has 23 heavy (non-hydrogen) atoms. The van der Waals surface area contributed by atoms with Crippen LogP contribution in [-0.2, 0) is 0 Å². The zero-order chi connectivity index (χ0) is 16.7. The summed E-state index contributed by atoms with van der Waals surface area (Å²) in [5.41, 5.74) is 4.11. The van der Waals surface area contributed by atoms with E-state index in [1.807, 2.05) is 63.2 Å². The number of hydrogen-bond donors (Lipinski definition) is 2. The summed E-state index contributed by atoms with van der Waals surface area (Å²) in [6, 6.07) is 13.7. The lowest BCUT2D eigenvalue weighted by Gasteiger charge is -2.13. The molecular weight excluding hydrogens is 288 g/mol. The van der Waals surface area contributed by atoms with Gasteiger partial charge in [-0.15, -0.1) is 0 Å². The van der Waals surface area contributed by atoms with Crippen molar-refractivity contribution in [2.45, 2.75) is 27.2 Å². The van der Waals surface area contributed by atoms with Gasteiger partial charge in [0.15, 0.2) is 0 Å². The van der Waals surface area contributed by atoms with E-state index in [2.05, 4.69) is 10.6 Å². The zero-order valence-corrected chi connectivity index (χ0v) is 14.0. The van der Waals surface area contributed by atoms with Crippen LogP contribution in [-0.4, -0.2) is 19.2 Å². The molecule has 0 aliphatic rings. The molecular formula is C19H24N2O2. The van der Waals surface area contributed by atoms with Crippen molar-refractivity contribution in [2.24, 2.45) is 0 Å². The minimum atomic E-state index is -0.182. The lowest BCUT2D eigenvalue weighted by Crippen LogP contribution is -2.30. The molecule has 2 rings (SSSR count). The molecule has 0 spiro atoms. The minimum absolute atomic E-state index is 0.182. The molecule has 2 amide bonds. The first kappa shape index (κ1) is 16.9. The molecule has 0 heterocycles. The molecule has 0 saturated carbocycles. The number of urea groups is 1. The minimum Gasteiger partial charge on any atom is -0.493 e. The lowest BCUT2D eigenvalue weighted by atomic mass is 10.1. The van der Waals surface area contributed by atoms with Crippen LogP contribution in [0.15, 0.2) is 42.5 Å². The van der Waals surface area contributed by atoms with Crippen LogP contribution in [0, 0.1) is 20.8 Å². The molecule has 0 saturated heterocycles. The summed E-state index contributed by atoms with van der Waals surface area (Å²) in [6.45, 7) is 7.14. The molecule has 4 heteroatoms. The SMILES string of the molecule is Cc1ccccc1OCCCNC(=O)Nc1c(C)cccc1C. The molecule has 0 aromatic heterocycles. The molecule has 2 aromatic carbocycles. The Kier molecular flexibility index (Phi) is 6.03. The topological polar surface area (TPSA) is 50.4 Å². The van der Waals surface area contributed by atoms with Crippen LogP contribution in [0.5, 0.6) is 5.75 Å². The third kappa shape index (κ3) is 5.02. The summed E-state index contributed by atoms with van der Waals surface area (Å²) < 4.78 is 5.70. The number of aryl methyl sites for hydroxylation is 3. The third-order valence-electron chi connectivity index (χ3n) is 3.68. The Balaban J connectivity index is 1.70. The van der Waals surface area contributed by atoms with Crippen LogP contribution in [0.3, 0.4) is 0 Å². The summed E-state index contributed by atoms with van der Waals surface area (Å²) >= 11 is 0. The first-order valence-corrected chi connectivity index (χ1v) is 7.87. The summed E-state index contributed by atoms with van der Waals surface area (Å²) in [7, 11) is 0. The quantitative estimate of drug-likeness (QED) is 0.785. The van der Waals surface area contributed by atoms with Gasteiger partial charge in [0, 0.05) is 12.2 Å². The van der Waals surface area contributed by atoms with E-state index < -0.39 is 0 Å². The van der Waals surface area contributed by atoms with E-state index in [1.165, 1.54) is 0 Å². The van der Waals surface area contributed by atoms with E-state index in [4.69, 9.17) is 4.74 Å². The molecule has 0 bridgehead atoms. The Labute approximate surface area is 137 Å². The molecule has 0 aliphatic heterocycles. The fraction of sp³-hybridized carbons (Fsp3) is 0.316. The Bertz CT molecular complexity index is 648. The Morgan fingerprint density at radius 2 is 1.61 bits per heavy atom. The van der Waals surface area contributed by atoms with Crippen LogP contribution < -0.4 is 15.4 Å². The molecule has 0 aliphatic carbocycles. The van der Waals surface area contributed by atoms with Gasteiger partial charge in [0.1, 0.15) is 5.75 Å².